The molecule has 0 amide bonds. The molecule has 0 aliphatic rings. The molecule has 50 valence electrons. The van der Waals surface area contributed by atoms with Crippen LogP contribution in [0.2, 0.25) is 0 Å². The van der Waals surface area contributed by atoms with Crippen LogP contribution in [-0.4, -0.2) is 16.3 Å². The van der Waals surface area contributed by atoms with E-state index in [1.165, 1.54) is 0 Å². The number of hydrogen-bond donors (Lipinski definition) is 1. The van der Waals surface area contributed by atoms with E-state index in [2.05, 4.69) is 20.8 Å². The molecule has 0 radical (unpaired) electrons. The maximum atomic E-state index is 8.92. The Kier molecular flexibility index (Phi) is 3.33. The minimum absolute atomic E-state index is 0.217. The van der Waals surface area contributed by atoms with E-state index in [-0.39, 0.29) is 4.75 Å². The van der Waals surface area contributed by atoms with Crippen molar-refractivity contribution >= 4 is 18.7 Å². The second-order valence-corrected chi connectivity index (χ2v) is 7.14. The topological polar surface area (TPSA) is 20.2 Å². The summed E-state index contributed by atoms with van der Waals surface area (Å²) in [5.74, 6) is 0. The van der Waals surface area contributed by atoms with Crippen molar-refractivity contribution in [2.45, 2.75) is 25.5 Å². The molecular formula is C5H13OPS. The first-order chi connectivity index (χ1) is 3.42. The standard InChI is InChI=1S/C5H13OPS/c1-5(2,3)8-7(4)6/h6H,1-4H3. The molecule has 0 aromatic heterocycles. The van der Waals surface area contributed by atoms with Crippen LogP contribution in [0.4, 0.5) is 0 Å². The van der Waals surface area contributed by atoms with Gasteiger partial charge in [-0.15, -0.1) is 11.4 Å². The molecule has 0 bridgehead atoms. The van der Waals surface area contributed by atoms with Crippen LogP contribution in [0.25, 0.3) is 0 Å². The Morgan fingerprint density at radius 3 is 1.75 bits per heavy atom. The van der Waals surface area contributed by atoms with Crippen LogP contribution >= 0.6 is 18.7 Å². The quantitative estimate of drug-likeness (QED) is 0.582. The van der Waals surface area contributed by atoms with Crippen molar-refractivity contribution in [3.63, 3.8) is 0 Å². The van der Waals surface area contributed by atoms with Gasteiger partial charge in [0.1, 0.15) is 0 Å². The van der Waals surface area contributed by atoms with E-state index < -0.39 is 7.35 Å². The molecule has 1 N–H and O–H groups in total. The third-order valence-corrected chi connectivity index (χ3v) is 3.65. The van der Waals surface area contributed by atoms with Crippen LogP contribution in [0.5, 0.6) is 0 Å². The Labute approximate surface area is 56.5 Å². The lowest BCUT2D eigenvalue weighted by atomic mass is 10.3. The zero-order valence-corrected chi connectivity index (χ0v) is 7.51. The fourth-order valence-electron chi connectivity index (χ4n) is 0.396. The van der Waals surface area contributed by atoms with E-state index in [1.54, 1.807) is 11.4 Å². The smallest absolute Gasteiger partial charge is 0.0821 e. The first-order valence-corrected chi connectivity index (χ1v) is 5.70. The van der Waals surface area contributed by atoms with Gasteiger partial charge in [-0.3, -0.25) is 0 Å². The highest BCUT2D eigenvalue weighted by Gasteiger charge is 2.13. The maximum absolute atomic E-state index is 8.92. The third-order valence-electron chi connectivity index (χ3n) is 0.406. The molecule has 8 heavy (non-hydrogen) atoms. The van der Waals surface area contributed by atoms with Gasteiger partial charge < -0.3 is 4.89 Å². The molecule has 1 unspecified atom stereocenters. The summed E-state index contributed by atoms with van der Waals surface area (Å²) in [6.45, 7) is 8.16. The first kappa shape index (κ1) is 8.74. The number of hydrogen-bond acceptors (Lipinski definition) is 2. The van der Waals surface area contributed by atoms with Gasteiger partial charge in [0.05, 0.1) is 7.35 Å². The Hall–Kier alpha value is 0.740. The third kappa shape index (κ3) is 6.74. The highest BCUT2D eigenvalue weighted by molar-refractivity contribution is 8.54. The van der Waals surface area contributed by atoms with Gasteiger partial charge in [-0.25, -0.2) is 0 Å². The Morgan fingerprint density at radius 2 is 1.75 bits per heavy atom. The fraction of sp³-hybridized carbons (Fsp3) is 1.00. The molecule has 0 saturated heterocycles. The minimum Gasteiger partial charge on any atom is -0.363 e. The summed E-state index contributed by atoms with van der Waals surface area (Å²) in [7, 11) is -0.772. The summed E-state index contributed by atoms with van der Waals surface area (Å²) < 4.78 is 0.217. The van der Waals surface area contributed by atoms with Crippen molar-refractivity contribution in [3.8, 4) is 0 Å². The number of rotatable bonds is 1. The summed E-state index contributed by atoms with van der Waals surface area (Å²) >= 11 is 1.63. The molecule has 0 heterocycles. The van der Waals surface area contributed by atoms with Gasteiger partial charge in [0.15, 0.2) is 0 Å². The van der Waals surface area contributed by atoms with Gasteiger partial charge in [-0.2, -0.15) is 0 Å². The Morgan fingerprint density at radius 1 is 1.38 bits per heavy atom. The van der Waals surface area contributed by atoms with E-state index >= 15 is 0 Å². The van der Waals surface area contributed by atoms with Crippen LogP contribution in [0.1, 0.15) is 20.8 Å². The predicted molar refractivity (Wildman–Crippen MR) is 42.4 cm³/mol. The monoisotopic (exact) mass is 152 g/mol. The van der Waals surface area contributed by atoms with Gasteiger partial charge in [-0.1, -0.05) is 20.8 Å². The normalized spacial score (nSPS) is 16.1. The molecule has 0 aliphatic carbocycles. The molecule has 0 spiro atoms. The van der Waals surface area contributed by atoms with Gasteiger partial charge in [0.25, 0.3) is 0 Å². The van der Waals surface area contributed by atoms with Crippen LogP contribution in [0.3, 0.4) is 0 Å². The summed E-state index contributed by atoms with van der Waals surface area (Å²) in [4.78, 5) is 8.92. The average molecular weight is 152 g/mol. The summed E-state index contributed by atoms with van der Waals surface area (Å²) in [6.07, 6.45) is 0. The maximum Gasteiger partial charge on any atom is 0.0821 e. The van der Waals surface area contributed by atoms with Crippen molar-refractivity contribution in [2.24, 2.45) is 0 Å². The first-order valence-electron chi connectivity index (χ1n) is 2.53. The average Bonchev–Trinajstić information content (AvgIpc) is 1.21. The predicted octanol–water partition coefficient (Wildman–Crippen LogP) is 2.45. The minimum atomic E-state index is -0.772. The largest absolute Gasteiger partial charge is 0.363 e. The molecule has 0 aliphatic heterocycles. The molecule has 0 rings (SSSR count). The highest BCUT2D eigenvalue weighted by Crippen LogP contribution is 2.49. The second-order valence-electron chi connectivity index (χ2n) is 2.67. The SMILES string of the molecule is CP(O)SC(C)(C)C. The Balaban J connectivity index is 3.39. The van der Waals surface area contributed by atoms with Crippen molar-refractivity contribution in [2.75, 3.05) is 6.66 Å². The van der Waals surface area contributed by atoms with E-state index in [0.717, 1.165) is 0 Å². The van der Waals surface area contributed by atoms with Gasteiger partial charge in [-0.05, 0) is 6.66 Å². The van der Waals surface area contributed by atoms with E-state index in [0.29, 0.717) is 0 Å². The van der Waals surface area contributed by atoms with E-state index in [9.17, 15) is 0 Å². The Bertz CT molecular complexity index is 67.3. The van der Waals surface area contributed by atoms with Crippen LogP contribution < -0.4 is 0 Å². The lowest BCUT2D eigenvalue weighted by molar-refractivity contribution is 0.645. The summed E-state index contributed by atoms with van der Waals surface area (Å²) in [5, 5.41) is 0. The van der Waals surface area contributed by atoms with Crippen molar-refractivity contribution < 1.29 is 4.89 Å². The zero-order chi connectivity index (χ0) is 6.78. The second kappa shape index (κ2) is 3.05. The molecule has 1 atom stereocenters. The highest BCUT2D eigenvalue weighted by atomic mass is 32.7. The zero-order valence-electron chi connectivity index (χ0n) is 5.80. The molecule has 0 aromatic carbocycles. The van der Waals surface area contributed by atoms with Gasteiger partial charge >= 0.3 is 0 Å². The van der Waals surface area contributed by atoms with Crippen molar-refractivity contribution in [3.05, 3.63) is 0 Å². The fourth-order valence-corrected chi connectivity index (χ4v) is 3.57. The van der Waals surface area contributed by atoms with Gasteiger partial charge in [0, 0.05) is 4.75 Å². The molecule has 0 saturated carbocycles. The van der Waals surface area contributed by atoms with Crippen LogP contribution in [0.15, 0.2) is 0 Å². The molecule has 1 nitrogen and oxygen atoms in total. The lowest BCUT2D eigenvalue weighted by Gasteiger charge is -2.18. The molecular weight excluding hydrogens is 139 g/mol. The van der Waals surface area contributed by atoms with E-state index in [4.69, 9.17) is 4.89 Å². The summed E-state index contributed by atoms with van der Waals surface area (Å²) in [6, 6.07) is 0. The van der Waals surface area contributed by atoms with Crippen molar-refractivity contribution in [1.29, 1.82) is 0 Å². The lowest BCUT2D eigenvalue weighted by Crippen LogP contribution is -2.04. The van der Waals surface area contributed by atoms with Crippen molar-refractivity contribution in [1.82, 2.24) is 0 Å². The molecule has 0 fully saturated rings. The molecule has 3 heteroatoms. The van der Waals surface area contributed by atoms with Crippen LogP contribution in [-0.2, 0) is 0 Å². The summed E-state index contributed by atoms with van der Waals surface area (Å²) in [5.41, 5.74) is 0. The molecule has 0 aromatic rings. The van der Waals surface area contributed by atoms with Gasteiger partial charge in [0.2, 0.25) is 0 Å². The van der Waals surface area contributed by atoms with E-state index in [1.807, 2.05) is 6.66 Å². The van der Waals surface area contributed by atoms with Crippen LogP contribution in [0, 0.1) is 0 Å².